The van der Waals surface area contributed by atoms with E-state index in [1.807, 2.05) is 30.9 Å². The minimum absolute atomic E-state index is 0.0343. The standard InChI is InChI=1S/C9H13N5/c1-7(10)9-5-14(6-11-9)8-3-12-13(2)4-8/h3-7H,10H2,1-2H3. The van der Waals surface area contributed by atoms with Crippen molar-refractivity contribution in [2.75, 3.05) is 0 Å². The molecule has 0 fully saturated rings. The van der Waals surface area contributed by atoms with E-state index in [9.17, 15) is 0 Å². The number of aromatic nitrogens is 4. The molecule has 74 valence electrons. The quantitative estimate of drug-likeness (QED) is 0.757. The highest BCUT2D eigenvalue weighted by Crippen LogP contribution is 2.10. The highest BCUT2D eigenvalue weighted by atomic mass is 15.3. The Morgan fingerprint density at radius 2 is 2.21 bits per heavy atom. The Labute approximate surface area is 82.2 Å². The summed E-state index contributed by atoms with van der Waals surface area (Å²) in [6.45, 7) is 1.91. The predicted octanol–water partition coefficient (Wildman–Crippen LogP) is 0.625. The highest BCUT2D eigenvalue weighted by molar-refractivity contribution is 5.26. The Bertz CT molecular complexity index is 426. The molecule has 1 unspecified atom stereocenters. The second-order valence-electron chi connectivity index (χ2n) is 3.37. The molecule has 0 saturated heterocycles. The van der Waals surface area contributed by atoms with Crippen molar-refractivity contribution >= 4 is 0 Å². The van der Waals surface area contributed by atoms with E-state index in [-0.39, 0.29) is 6.04 Å². The van der Waals surface area contributed by atoms with Crippen LogP contribution in [0.3, 0.4) is 0 Å². The summed E-state index contributed by atoms with van der Waals surface area (Å²) in [5.74, 6) is 0. The fourth-order valence-corrected chi connectivity index (χ4v) is 1.26. The van der Waals surface area contributed by atoms with Gasteiger partial charge in [0.05, 0.1) is 23.9 Å². The molecular weight excluding hydrogens is 178 g/mol. The van der Waals surface area contributed by atoms with Gasteiger partial charge in [-0.05, 0) is 6.92 Å². The Hall–Kier alpha value is -1.62. The molecule has 5 heteroatoms. The first-order valence-electron chi connectivity index (χ1n) is 4.45. The van der Waals surface area contributed by atoms with Crippen LogP contribution < -0.4 is 5.73 Å². The average Bonchev–Trinajstić information content (AvgIpc) is 2.70. The van der Waals surface area contributed by atoms with Gasteiger partial charge >= 0.3 is 0 Å². The van der Waals surface area contributed by atoms with E-state index in [4.69, 9.17) is 5.73 Å². The van der Waals surface area contributed by atoms with Crippen LogP contribution in [-0.2, 0) is 7.05 Å². The molecule has 2 aromatic heterocycles. The van der Waals surface area contributed by atoms with Gasteiger partial charge in [0.25, 0.3) is 0 Å². The SMILES string of the molecule is CC(N)c1cn(-c2cnn(C)c2)cn1. The molecule has 0 spiro atoms. The molecule has 1 atom stereocenters. The fourth-order valence-electron chi connectivity index (χ4n) is 1.26. The zero-order chi connectivity index (χ0) is 10.1. The molecule has 2 heterocycles. The van der Waals surface area contributed by atoms with Crippen LogP contribution in [0.15, 0.2) is 24.9 Å². The minimum atomic E-state index is -0.0343. The summed E-state index contributed by atoms with van der Waals surface area (Å²) >= 11 is 0. The van der Waals surface area contributed by atoms with E-state index < -0.39 is 0 Å². The first-order valence-corrected chi connectivity index (χ1v) is 4.45. The maximum atomic E-state index is 5.71. The Kier molecular flexibility index (Phi) is 2.09. The van der Waals surface area contributed by atoms with Gasteiger partial charge in [-0.1, -0.05) is 0 Å². The molecular formula is C9H13N5. The smallest absolute Gasteiger partial charge is 0.0996 e. The fraction of sp³-hybridized carbons (Fsp3) is 0.333. The van der Waals surface area contributed by atoms with Crippen LogP contribution in [0.1, 0.15) is 18.7 Å². The van der Waals surface area contributed by atoms with Crippen LogP contribution in [0.2, 0.25) is 0 Å². The topological polar surface area (TPSA) is 61.7 Å². The summed E-state index contributed by atoms with van der Waals surface area (Å²) in [6, 6.07) is -0.0343. The number of hydrogen-bond donors (Lipinski definition) is 1. The van der Waals surface area contributed by atoms with Crippen molar-refractivity contribution in [2.24, 2.45) is 12.8 Å². The molecule has 0 saturated carbocycles. The minimum Gasteiger partial charge on any atom is -0.323 e. The zero-order valence-electron chi connectivity index (χ0n) is 8.25. The Morgan fingerprint density at radius 1 is 1.43 bits per heavy atom. The van der Waals surface area contributed by atoms with Gasteiger partial charge in [0, 0.05) is 25.5 Å². The third-order valence-electron chi connectivity index (χ3n) is 2.06. The van der Waals surface area contributed by atoms with Gasteiger partial charge in [0.1, 0.15) is 0 Å². The maximum Gasteiger partial charge on any atom is 0.0996 e. The molecule has 0 amide bonds. The molecule has 2 aromatic rings. The van der Waals surface area contributed by atoms with Gasteiger partial charge in [-0.25, -0.2) is 4.98 Å². The van der Waals surface area contributed by atoms with Crippen molar-refractivity contribution in [3.63, 3.8) is 0 Å². The van der Waals surface area contributed by atoms with Crippen LogP contribution in [-0.4, -0.2) is 19.3 Å². The number of aryl methyl sites for hydroxylation is 1. The van der Waals surface area contributed by atoms with Crippen molar-refractivity contribution in [1.82, 2.24) is 19.3 Å². The summed E-state index contributed by atoms with van der Waals surface area (Å²) in [7, 11) is 1.88. The lowest BCUT2D eigenvalue weighted by Gasteiger charge is -1.97. The molecule has 2 rings (SSSR count). The van der Waals surface area contributed by atoms with E-state index in [1.54, 1.807) is 17.2 Å². The van der Waals surface area contributed by atoms with Crippen molar-refractivity contribution < 1.29 is 0 Å². The summed E-state index contributed by atoms with van der Waals surface area (Å²) in [4.78, 5) is 4.20. The highest BCUT2D eigenvalue weighted by Gasteiger charge is 2.05. The lowest BCUT2D eigenvalue weighted by atomic mass is 10.3. The van der Waals surface area contributed by atoms with Crippen molar-refractivity contribution in [1.29, 1.82) is 0 Å². The lowest BCUT2D eigenvalue weighted by molar-refractivity contribution is 0.767. The van der Waals surface area contributed by atoms with E-state index >= 15 is 0 Å². The van der Waals surface area contributed by atoms with Gasteiger partial charge in [0.15, 0.2) is 0 Å². The summed E-state index contributed by atoms with van der Waals surface area (Å²) in [6.07, 6.45) is 7.37. The Morgan fingerprint density at radius 3 is 2.71 bits per heavy atom. The molecule has 0 aliphatic heterocycles. The van der Waals surface area contributed by atoms with Crippen LogP contribution in [0.25, 0.3) is 5.69 Å². The Balaban J connectivity index is 2.33. The number of nitrogens with zero attached hydrogens (tertiary/aromatic N) is 4. The monoisotopic (exact) mass is 191 g/mol. The number of nitrogens with two attached hydrogens (primary N) is 1. The zero-order valence-corrected chi connectivity index (χ0v) is 8.25. The molecule has 0 aromatic carbocycles. The molecule has 5 nitrogen and oxygen atoms in total. The van der Waals surface area contributed by atoms with Gasteiger partial charge < -0.3 is 10.3 Å². The first-order chi connectivity index (χ1) is 6.66. The number of rotatable bonds is 2. The summed E-state index contributed by atoms with van der Waals surface area (Å²) in [5, 5.41) is 4.08. The van der Waals surface area contributed by atoms with Gasteiger partial charge in [-0.3, -0.25) is 4.68 Å². The van der Waals surface area contributed by atoms with E-state index in [1.165, 1.54) is 0 Å². The largest absolute Gasteiger partial charge is 0.323 e. The molecule has 0 radical (unpaired) electrons. The van der Waals surface area contributed by atoms with Crippen molar-refractivity contribution in [3.8, 4) is 5.69 Å². The van der Waals surface area contributed by atoms with Gasteiger partial charge in [-0.15, -0.1) is 0 Å². The second kappa shape index (κ2) is 3.26. The van der Waals surface area contributed by atoms with Crippen LogP contribution in [0, 0.1) is 0 Å². The van der Waals surface area contributed by atoms with Crippen LogP contribution >= 0.6 is 0 Å². The predicted molar refractivity (Wildman–Crippen MR) is 52.9 cm³/mol. The molecule has 0 aliphatic rings. The number of hydrogen-bond acceptors (Lipinski definition) is 3. The molecule has 14 heavy (non-hydrogen) atoms. The van der Waals surface area contributed by atoms with Crippen molar-refractivity contribution in [2.45, 2.75) is 13.0 Å². The second-order valence-corrected chi connectivity index (χ2v) is 3.37. The lowest BCUT2D eigenvalue weighted by Crippen LogP contribution is -2.04. The van der Waals surface area contributed by atoms with E-state index in [0.29, 0.717) is 0 Å². The van der Waals surface area contributed by atoms with Crippen LogP contribution in [0.4, 0.5) is 0 Å². The normalized spacial score (nSPS) is 13.1. The summed E-state index contributed by atoms with van der Waals surface area (Å²) in [5.41, 5.74) is 7.59. The number of imidazole rings is 1. The maximum absolute atomic E-state index is 5.71. The summed E-state index contributed by atoms with van der Waals surface area (Å²) < 4.78 is 3.66. The van der Waals surface area contributed by atoms with E-state index in [0.717, 1.165) is 11.4 Å². The van der Waals surface area contributed by atoms with Gasteiger partial charge in [0.2, 0.25) is 0 Å². The van der Waals surface area contributed by atoms with Gasteiger partial charge in [-0.2, -0.15) is 5.10 Å². The average molecular weight is 191 g/mol. The first kappa shape index (κ1) is 8.96. The molecule has 0 bridgehead atoms. The third-order valence-corrected chi connectivity index (χ3v) is 2.06. The molecule has 2 N–H and O–H groups in total. The van der Waals surface area contributed by atoms with Crippen molar-refractivity contribution in [3.05, 3.63) is 30.6 Å². The van der Waals surface area contributed by atoms with E-state index in [2.05, 4.69) is 10.1 Å². The van der Waals surface area contributed by atoms with Crippen LogP contribution in [0.5, 0.6) is 0 Å². The molecule has 0 aliphatic carbocycles. The third kappa shape index (κ3) is 1.54.